The average molecular weight is 295 g/mol. The Balaban J connectivity index is 2.04. The largest absolute Gasteiger partial charge is 0.399 e. The lowest BCUT2D eigenvalue weighted by Gasteiger charge is -2.09. The second-order valence-corrected chi connectivity index (χ2v) is 6.10. The quantitative estimate of drug-likeness (QED) is 0.696. The number of anilines is 2. The molecule has 1 heterocycles. The van der Waals surface area contributed by atoms with Crippen LogP contribution in [0.2, 0.25) is 0 Å². The van der Waals surface area contributed by atoms with Crippen LogP contribution in [-0.4, -0.2) is 24.7 Å². The number of nitrogens with zero attached hydrogens (tertiary/aromatic N) is 2. The highest BCUT2D eigenvalue weighted by Gasteiger charge is 2.09. The Bertz CT molecular complexity index is 708. The monoisotopic (exact) mass is 295 g/mol. The van der Waals surface area contributed by atoms with E-state index in [-0.39, 0.29) is 4.90 Å². The van der Waals surface area contributed by atoms with Gasteiger partial charge in [0.2, 0.25) is 10.0 Å². The van der Waals surface area contributed by atoms with Gasteiger partial charge in [-0.1, -0.05) is 0 Å². The summed E-state index contributed by atoms with van der Waals surface area (Å²) in [5.41, 5.74) is 7.70. The van der Waals surface area contributed by atoms with Crippen LogP contribution in [0.25, 0.3) is 0 Å². The van der Waals surface area contributed by atoms with Crippen LogP contribution in [0.3, 0.4) is 0 Å². The number of hydrogen-bond donors (Lipinski definition) is 3. The molecule has 0 unspecified atom stereocenters. The van der Waals surface area contributed by atoms with Gasteiger partial charge < -0.3 is 11.1 Å². The first-order chi connectivity index (χ1) is 9.34. The van der Waals surface area contributed by atoms with Crippen LogP contribution in [0.4, 0.5) is 11.4 Å². The summed E-state index contributed by atoms with van der Waals surface area (Å²) >= 11 is 0. The summed E-state index contributed by atoms with van der Waals surface area (Å²) in [7, 11) is -3.76. The van der Waals surface area contributed by atoms with E-state index < -0.39 is 10.0 Å². The molecular formula is C12H17N5O2S. The molecule has 20 heavy (non-hydrogen) atoms. The summed E-state index contributed by atoms with van der Waals surface area (Å²) in [6, 6.07) is 4.44. The summed E-state index contributed by atoms with van der Waals surface area (Å²) in [6.45, 7) is 3.22. The van der Waals surface area contributed by atoms with Gasteiger partial charge in [-0.25, -0.2) is 13.6 Å². The number of primary sulfonamides is 1. The first kappa shape index (κ1) is 14.4. The lowest BCUT2D eigenvalue weighted by atomic mass is 10.3. The first-order valence-electron chi connectivity index (χ1n) is 6.01. The van der Waals surface area contributed by atoms with Crippen molar-refractivity contribution in [3.8, 4) is 0 Å². The van der Waals surface area contributed by atoms with Gasteiger partial charge in [-0.3, -0.25) is 4.68 Å². The number of sulfonamides is 1. The second kappa shape index (κ2) is 5.51. The lowest BCUT2D eigenvalue weighted by Crippen LogP contribution is -2.14. The molecular weight excluding hydrogens is 278 g/mol. The van der Waals surface area contributed by atoms with E-state index in [1.807, 2.05) is 13.1 Å². The predicted octanol–water partition coefficient (Wildman–Crippen LogP) is 0.533. The summed E-state index contributed by atoms with van der Waals surface area (Å²) in [5, 5.41) is 12.3. The van der Waals surface area contributed by atoms with Crippen molar-refractivity contribution < 1.29 is 8.42 Å². The van der Waals surface area contributed by atoms with E-state index in [2.05, 4.69) is 10.4 Å². The lowest BCUT2D eigenvalue weighted by molar-refractivity contribution is 0.598. The van der Waals surface area contributed by atoms with Crippen molar-refractivity contribution in [3.63, 3.8) is 0 Å². The molecule has 0 saturated carbocycles. The SMILES string of the molecule is Cc1cnn(CCNc2cc(N)cc(S(N)(=O)=O)c2)c1. The minimum atomic E-state index is -3.76. The topological polar surface area (TPSA) is 116 Å². The fraction of sp³-hybridized carbons (Fsp3) is 0.250. The molecule has 0 radical (unpaired) electrons. The zero-order valence-electron chi connectivity index (χ0n) is 11.1. The molecule has 5 N–H and O–H groups in total. The van der Waals surface area contributed by atoms with Gasteiger partial charge in [-0.15, -0.1) is 0 Å². The molecule has 7 nitrogen and oxygen atoms in total. The Morgan fingerprint density at radius 2 is 2.10 bits per heavy atom. The summed E-state index contributed by atoms with van der Waals surface area (Å²) in [4.78, 5) is -0.00469. The Morgan fingerprint density at radius 1 is 1.35 bits per heavy atom. The number of hydrogen-bond acceptors (Lipinski definition) is 5. The summed E-state index contributed by atoms with van der Waals surface area (Å²) in [6.07, 6.45) is 3.70. The highest BCUT2D eigenvalue weighted by atomic mass is 32.2. The minimum Gasteiger partial charge on any atom is -0.399 e. The van der Waals surface area contributed by atoms with Crippen molar-refractivity contribution >= 4 is 21.4 Å². The molecule has 0 saturated heterocycles. The fourth-order valence-electron chi connectivity index (χ4n) is 1.79. The Morgan fingerprint density at radius 3 is 2.70 bits per heavy atom. The molecule has 0 amide bonds. The summed E-state index contributed by atoms with van der Waals surface area (Å²) in [5.74, 6) is 0. The number of benzene rings is 1. The molecule has 0 aliphatic rings. The van der Waals surface area contributed by atoms with Crippen LogP contribution < -0.4 is 16.2 Å². The van der Waals surface area contributed by atoms with Gasteiger partial charge in [-0.2, -0.15) is 5.10 Å². The normalized spacial score (nSPS) is 11.5. The zero-order valence-corrected chi connectivity index (χ0v) is 11.9. The minimum absolute atomic E-state index is 0.00469. The van der Waals surface area contributed by atoms with Gasteiger partial charge >= 0.3 is 0 Å². The van der Waals surface area contributed by atoms with Gasteiger partial charge in [0.05, 0.1) is 17.6 Å². The highest BCUT2D eigenvalue weighted by Crippen LogP contribution is 2.19. The van der Waals surface area contributed by atoms with Crippen LogP contribution >= 0.6 is 0 Å². The molecule has 8 heteroatoms. The number of aryl methyl sites for hydroxylation is 1. The molecule has 0 fully saturated rings. The molecule has 2 rings (SSSR count). The maximum atomic E-state index is 11.3. The van der Waals surface area contributed by atoms with Crippen molar-refractivity contribution in [1.29, 1.82) is 0 Å². The maximum absolute atomic E-state index is 11.3. The van der Waals surface area contributed by atoms with Crippen molar-refractivity contribution in [3.05, 3.63) is 36.2 Å². The molecule has 108 valence electrons. The number of nitrogens with two attached hydrogens (primary N) is 2. The third-order valence-corrected chi connectivity index (χ3v) is 3.58. The fourth-order valence-corrected chi connectivity index (χ4v) is 2.38. The standard InChI is InChI=1S/C12H17N5O2S/c1-9-7-16-17(8-9)3-2-15-11-4-10(13)5-12(6-11)20(14,18)19/h4-8,15H,2-3,13H2,1H3,(H2,14,18,19). The van der Waals surface area contributed by atoms with E-state index in [0.717, 1.165) is 5.56 Å². The van der Waals surface area contributed by atoms with Crippen molar-refractivity contribution in [2.75, 3.05) is 17.6 Å². The van der Waals surface area contributed by atoms with Crippen LogP contribution in [0.5, 0.6) is 0 Å². The van der Waals surface area contributed by atoms with Gasteiger partial charge in [0, 0.05) is 24.1 Å². The molecule has 0 bridgehead atoms. The third-order valence-electron chi connectivity index (χ3n) is 2.69. The summed E-state index contributed by atoms with van der Waals surface area (Å²) < 4.78 is 24.4. The Labute approximate surface area is 117 Å². The van der Waals surface area contributed by atoms with Crippen LogP contribution in [0, 0.1) is 6.92 Å². The zero-order chi connectivity index (χ0) is 14.8. The van der Waals surface area contributed by atoms with Gasteiger partial charge in [-0.05, 0) is 30.7 Å². The Kier molecular flexibility index (Phi) is 3.96. The second-order valence-electron chi connectivity index (χ2n) is 4.54. The molecule has 0 spiro atoms. The van der Waals surface area contributed by atoms with Crippen molar-refractivity contribution in [2.24, 2.45) is 5.14 Å². The van der Waals surface area contributed by atoms with E-state index in [1.54, 1.807) is 16.9 Å². The first-order valence-corrected chi connectivity index (χ1v) is 7.55. The van der Waals surface area contributed by atoms with E-state index in [4.69, 9.17) is 10.9 Å². The van der Waals surface area contributed by atoms with E-state index >= 15 is 0 Å². The highest BCUT2D eigenvalue weighted by molar-refractivity contribution is 7.89. The van der Waals surface area contributed by atoms with Gasteiger partial charge in [0.1, 0.15) is 0 Å². The van der Waals surface area contributed by atoms with E-state index in [9.17, 15) is 8.42 Å². The van der Waals surface area contributed by atoms with E-state index in [1.165, 1.54) is 12.1 Å². The molecule has 0 aliphatic carbocycles. The smallest absolute Gasteiger partial charge is 0.238 e. The average Bonchev–Trinajstić information content (AvgIpc) is 2.73. The van der Waals surface area contributed by atoms with Crippen LogP contribution in [0.1, 0.15) is 5.56 Å². The predicted molar refractivity (Wildman–Crippen MR) is 77.7 cm³/mol. The van der Waals surface area contributed by atoms with Gasteiger partial charge in [0.15, 0.2) is 0 Å². The third kappa shape index (κ3) is 3.72. The molecule has 1 aromatic heterocycles. The van der Waals surface area contributed by atoms with Crippen molar-refractivity contribution in [1.82, 2.24) is 9.78 Å². The van der Waals surface area contributed by atoms with Crippen molar-refractivity contribution in [2.45, 2.75) is 18.4 Å². The number of nitrogen functional groups attached to an aromatic ring is 1. The maximum Gasteiger partial charge on any atom is 0.238 e. The molecule has 0 aliphatic heterocycles. The van der Waals surface area contributed by atoms with Gasteiger partial charge in [0.25, 0.3) is 0 Å². The van der Waals surface area contributed by atoms with Crippen LogP contribution in [-0.2, 0) is 16.6 Å². The number of nitrogens with one attached hydrogen (secondary N) is 1. The molecule has 0 atom stereocenters. The molecule has 2 aromatic rings. The number of rotatable bonds is 5. The molecule has 1 aromatic carbocycles. The Hall–Kier alpha value is -2.06. The number of aromatic nitrogens is 2. The van der Waals surface area contributed by atoms with Crippen LogP contribution in [0.15, 0.2) is 35.5 Å². The van der Waals surface area contributed by atoms with E-state index in [0.29, 0.717) is 24.5 Å².